The number of hydrogen-bond donors (Lipinski definition) is 0. The molecule has 0 saturated heterocycles. The average molecular weight is 357 g/mol. The van der Waals surface area contributed by atoms with E-state index < -0.39 is 17.7 Å². The van der Waals surface area contributed by atoms with Crippen LogP contribution >= 0.6 is 0 Å². The summed E-state index contributed by atoms with van der Waals surface area (Å²) < 4.78 is 0. The summed E-state index contributed by atoms with van der Waals surface area (Å²) in [6.45, 7) is 0.0907. The second kappa shape index (κ2) is 6.84. The van der Waals surface area contributed by atoms with Crippen LogP contribution < -0.4 is 0 Å². The lowest BCUT2D eigenvalue weighted by molar-refractivity contribution is 0.000866. The first-order valence-electron chi connectivity index (χ1n) is 8.40. The largest absolute Gasteiger partial charge is 0.280 e. The van der Waals surface area contributed by atoms with Gasteiger partial charge < -0.3 is 0 Å². The number of hydrogen-bond acceptors (Lipinski definition) is 4. The number of benzene rings is 2. The van der Waals surface area contributed by atoms with Gasteiger partial charge in [0, 0.05) is 18.0 Å². The molecule has 0 saturated carbocycles. The SMILES string of the molecule is O=C(c1ccncc1)N(Cc1ccccc1)N1C(=O)c2ccccc2C1=O. The minimum atomic E-state index is -0.506. The van der Waals surface area contributed by atoms with E-state index >= 15 is 0 Å². The molecule has 0 N–H and O–H groups in total. The third kappa shape index (κ3) is 2.97. The Bertz CT molecular complexity index is 984. The van der Waals surface area contributed by atoms with Gasteiger partial charge in [0.05, 0.1) is 17.7 Å². The predicted octanol–water partition coefficient (Wildman–Crippen LogP) is 2.94. The molecule has 4 rings (SSSR count). The Morgan fingerprint density at radius 1 is 0.815 bits per heavy atom. The Labute approximate surface area is 155 Å². The summed E-state index contributed by atoms with van der Waals surface area (Å²) in [7, 11) is 0. The molecule has 6 nitrogen and oxygen atoms in total. The lowest BCUT2D eigenvalue weighted by atomic mass is 10.1. The number of amides is 3. The molecule has 0 radical (unpaired) electrons. The summed E-state index contributed by atoms with van der Waals surface area (Å²) in [4.78, 5) is 42.8. The number of hydrazine groups is 1. The highest BCUT2D eigenvalue weighted by Gasteiger charge is 2.41. The molecule has 27 heavy (non-hydrogen) atoms. The first-order chi connectivity index (χ1) is 13.2. The standard InChI is InChI=1S/C21H15N3O3/c25-19(16-10-12-22-13-11-16)23(14-15-6-2-1-3-7-15)24-20(26)17-8-4-5-9-18(17)21(24)27/h1-13H,14H2. The number of fused-ring (bicyclic) bond motifs is 1. The molecule has 2 heterocycles. The molecule has 132 valence electrons. The van der Waals surface area contributed by atoms with Crippen molar-refractivity contribution in [1.82, 2.24) is 15.0 Å². The number of aromatic nitrogens is 1. The van der Waals surface area contributed by atoms with E-state index in [-0.39, 0.29) is 6.54 Å². The fraction of sp³-hybridized carbons (Fsp3) is 0.0476. The Balaban J connectivity index is 1.76. The Kier molecular flexibility index (Phi) is 4.22. The van der Waals surface area contributed by atoms with E-state index in [1.807, 2.05) is 30.3 Å². The van der Waals surface area contributed by atoms with Crippen LogP contribution in [0.2, 0.25) is 0 Å². The summed E-state index contributed by atoms with van der Waals surface area (Å²) in [5.41, 5.74) is 1.74. The monoisotopic (exact) mass is 357 g/mol. The molecule has 1 aliphatic heterocycles. The van der Waals surface area contributed by atoms with Gasteiger partial charge in [-0.25, -0.2) is 5.01 Å². The molecule has 2 aromatic carbocycles. The first-order valence-corrected chi connectivity index (χ1v) is 8.40. The quantitative estimate of drug-likeness (QED) is 0.673. The molecule has 1 aromatic heterocycles. The highest BCUT2D eigenvalue weighted by Crippen LogP contribution is 2.26. The highest BCUT2D eigenvalue weighted by molar-refractivity contribution is 6.22. The van der Waals surface area contributed by atoms with E-state index in [0.29, 0.717) is 16.7 Å². The van der Waals surface area contributed by atoms with Crippen LogP contribution in [-0.2, 0) is 6.54 Å². The van der Waals surface area contributed by atoms with E-state index in [4.69, 9.17) is 0 Å². The lowest BCUT2D eigenvalue weighted by Gasteiger charge is -2.30. The third-order valence-corrected chi connectivity index (χ3v) is 4.35. The van der Waals surface area contributed by atoms with Crippen molar-refractivity contribution in [2.45, 2.75) is 6.54 Å². The second-order valence-corrected chi connectivity index (χ2v) is 6.05. The zero-order chi connectivity index (χ0) is 18.8. The van der Waals surface area contributed by atoms with E-state index in [1.165, 1.54) is 17.4 Å². The van der Waals surface area contributed by atoms with Gasteiger partial charge in [0.15, 0.2) is 0 Å². The maximum atomic E-state index is 13.1. The van der Waals surface area contributed by atoms with Gasteiger partial charge in [-0.1, -0.05) is 42.5 Å². The van der Waals surface area contributed by atoms with E-state index in [2.05, 4.69) is 4.98 Å². The molecular weight excluding hydrogens is 342 g/mol. The molecule has 6 heteroatoms. The summed E-state index contributed by atoms with van der Waals surface area (Å²) in [6.07, 6.45) is 2.99. The summed E-state index contributed by atoms with van der Waals surface area (Å²) >= 11 is 0. The van der Waals surface area contributed by atoms with Gasteiger partial charge in [0.2, 0.25) is 0 Å². The minimum Gasteiger partial charge on any atom is -0.267 e. The van der Waals surface area contributed by atoms with Crippen molar-refractivity contribution in [3.63, 3.8) is 0 Å². The molecule has 3 aromatic rings. The average Bonchev–Trinajstić information content (AvgIpc) is 2.98. The van der Waals surface area contributed by atoms with Crippen LogP contribution in [0.4, 0.5) is 0 Å². The summed E-state index contributed by atoms with van der Waals surface area (Å²) in [5.74, 6) is -1.46. The van der Waals surface area contributed by atoms with E-state index in [0.717, 1.165) is 10.6 Å². The molecule has 3 amide bonds. The fourth-order valence-corrected chi connectivity index (χ4v) is 3.03. The van der Waals surface area contributed by atoms with Gasteiger partial charge in [0.25, 0.3) is 17.7 Å². The smallest absolute Gasteiger partial charge is 0.267 e. The number of pyridine rings is 1. The van der Waals surface area contributed by atoms with Crippen LogP contribution in [0.5, 0.6) is 0 Å². The number of nitrogens with zero attached hydrogens (tertiary/aromatic N) is 3. The fourth-order valence-electron chi connectivity index (χ4n) is 3.03. The van der Waals surface area contributed by atoms with Crippen LogP contribution in [0.15, 0.2) is 79.1 Å². The molecule has 0 spiro atoms. The van der Waals surface area contributed by atoms with Crippen molar-refractivity contribution >= 4 is 17.7 Å². The van der Waals surface area contributed by atoms with Crippen LogP contribution in [-0.4, -0.2) is 32.7 Å². The summed E-state index contributed by atoms with van der Waals surface area (Å²) in [5, 5.41) is 2.12. The van der Waals surface area contributed by atoms with Crippen molar-refractivity contribution in [2.24, 2.45) is 0 Å². The lowest BCUT2D eigenvalue weighted by Crippen LogP contribution is -2.49. The van der Waals surface area contributed by atoms with Crippen molar-refractivity contribution in [2.75, 3.05) is 0 Å². The van der Waals surface area contributed by atoms with E-state index in [9.17, 15) is 14.4 Å². The molecule has 0 aliphatic carbocycles. The van der Waals surface area contributed by atoms with Crippen LogP contribution in [0, 0.1) is 0 Å². The van der Waals surface area contributed by atoms with Gasteiger partial charge in [-0.15, -0.1) is 0 Å². The molecular formula is C21H15N3O3. The maximum Gasteiger partial charge on any atom is 0.280 e. The third-order valence-electron chi connectivity index (χ3n) is 4.35. The maximum absolute atomic E-state index is 13.1. The topological polar surface area (TPSA) is 70.6 Å². The van der Waals surface area contributed by atoms with Crippen molar-refractivity contribution in [3.05, 3.63) is 101 Å². The predicted molar refractivity (Wildman–Crippen MR) is 97.5 cm³/mol. The molecule has 0 bridgehead atoms. The van der Waals surface area contributed by atoms with Gasteiger partial charge in [0.1, 0.15) is 0 Å². The van der Waals surface area contributed by atoms with Gasteiger partial charge in [-0.3, -0.25) is 19.4 Å². The first kappa shape index (κ1) is 16.7. The Hall–Kier alpha value is -3.80. The van der Waals surface area contributed by atoms with Crippen LogP contribution in [0.3, 0.4) is 0 Å². The van der Waals surface area contributed by atoms with Gasteiger partial charge in [-0.2, -0.15) is 5.01 Å². The summed E-state index contributed by atoms with van der Waals surface area (Å²) in [6, 6.07) is 18.9. The minimum absolute atomic E-state index is 0.0907. The molecule has 1 aliphatic rings. The Morgan fingerprint density at radius 2 is 1.37 bits per heavy atom. The van der Waals surface area contributed by atoms with E-state index in [1.54, 1.807) is 36.4 Å². The zero-order valence-electron chi connectivity index (χ0n) is 14.3. The number of carbonyl (C=O) groups is 3. The van der Waals surface area contributed by atoms with Crippen molar-refractivity contribution in [1.29, 1.82) is 0 Å². The number of imide groups is 1. The van der Waals surface area contributed by atoms with Crippen LogP contribution in [0.1, 0.15) is 36.6 Å². The normalized spacial score (nSPS) is 12.8. The van der Waals surface area contributed by atoms with Crippen molar-refractivity contribution in [3.8, 4) is 0 Å². The Morgan fingerprint density at radius 3 is 1.96 bits per heavy atom. The zero-order valence-corrected chi connectivity index (χ0v) is 14.3. The molecule has 0 atom stereocenters. The number of carbonyl (C=O) groups excluding carboxylic acids is 3. The van der Waals surface area contributed by atoms with Gasteiger partial charge >= 0.3 is 0 Å². The molecule has 0 fully saturated rings. The molecule has 0 unspecified atom stereocenters. The highest BCUT2D eigenvalue weighted by atomic mass is 16.2. The number of rotatable bonds is 4. The van der Waals surface area contributed by atoms with Crippen LogP contribution in [0.25, 0.3) is 0 Å². The van der Waals surface area contributed by atoms with Gasteiger partial charge in [-0.05, 0) is 29.8 Å². The van der Waals surface area contributed by atoms with Crippen molar-refractivity contribution < 1.29 is 14.4 Å². The second-order valence-electron chi connectivity index (χ2n) is 6.05.